The van der Waals surface area contributed by atoms with Gasteiger partial charge in [0, 0.05) is 33.9 Å². The number of carbonyl (C=O) groups is 1. The average molecular weight is 485 g/mol. The van der Waals surface area contributed by atoms with Gasteiger partial charge in [-0.05, 0) is 42.5 Å². The fourth-order valence-corrected chi connectivity index (χ4v) is 5.17. The van der Waals surface area contributed by atoms with Gasteiger partial charge < -0.3 is 19.4 Å². The fourth-order valence-electron chi connectivity index (χ4n) is 3.57. The minimum atomic E-state index is -3.81. The van der Waals surface area contributed by atoms with Crippen LogP contribution in [0.5, 0.6) is 11.5 Å². The Morgan fingerprint density at radius 1 is 0.970 bits per heavy atom. The van der Waals surface area contributed by atoms with E-state index >= 15 is 0 Å². The third kappa shape index (κ3) is 4.53. The van der Waals surface area contributed by atoms with E-state index < -0.39 is 9.84 Å². The summed E-state index contributed by atoms with van der Waals surface area (Å²) < 4.78 is 38.7. The lowest BCUT2D eigenvalue weighted by atomic mass is 10.2. The van der Waals surface area contributed by atoms with Crippen LogP contribution in [-0.4, -0.2) is 33.1 Å². The number of nitrogens with zero attached hydrogens (tertiary/aromatic N) is 1. The van der Waals surface area contributed by atoms with Crippen molar-refractivity contribution in [3.63, 3.8) is 0 Å². The van der Waals surface area contributed by atoms with Gasteiger partial charge in [0.25, 0.3) is 0 Å². The molecule has 1 heterocycles. The molecule has 1 N–H and O–H groups in total. The predicted molar refractivity (Wildman–Crippen MR) is 127 cm³/mol. The van der Waals surface area contributed by atoms with E-state index in [0.717, 1.165) is 0 Å². The van der Waals surface area contributed by atoms with Crippen molar-refractivity contribution in [1.82, 2.24) is 4.57 Å². The summed E-state index contributed by atoms with van der Waals surface area (Å²) in [7, 11) is -0.772. The number of nitrogens with one attached hydrogen (secondary N) is 1. The maximum atomic E-state index is 13.3. The zero-order valence-corrected chi connectivity index (χ0v) is 19.5. The number of amides is 1. The molecule has 0 aliphatic heterocycles. The van der Waals surface area contributed by atoms with Crippen molar-refractivity contribution >= 4 is 43.9 Å². The molecule has 0 saturated heterocycles. The Balaban J connectivity index is 1.65. The van der Waals surface area contributed by atoms with E-state index in [1.54, 1.807) is 47.0 Å². The lowest BCUT2D eigenvalue weighted by molar-refractivity contribution is -0.116. The van der Waals surface area contributed by atoms with Gasteiger partial charge in [-0.2, -0.15) is 0 Å². The Hall–Kier alpha value is -3.49. The molecule has 3 aromatic carbocycles. The van der Waals surface area contributed by atoms with Crippen LogP contribution >= 0.6 is 11.6 Å². The first-order valence-electron chi connectivity index (χ1n) is 9.94. The molecule has 0 aliphatic carbocycles. The van der Waals surface area contributed by atoms with Gasteiger partial charge in [-0.1, -0.05) is 29.8 Å². The minimum Gasteiger partial charge on any atom is -0.493 e. The smallest absolute Gasteiger partial charge is 0.244 e. The van der Waals surface area contributed by atoms with Crippen molar-refractivity contribution in [3.05, 3.63) is 77.9 Å². The van der Waals surface area contributed by atoms with Crippen LogP contribution < -0.4 is 14.8 Å². The number of fused-ring (bicyclic) bond motifs is 1. The number of halogens is 1. The molecule has 4 aromatic rings. The van der Waals surface area contributed by atoms with E-state index in [4.69, 9.17) is 21.1 Å². The van der Waals surface area contributed by atoms with Gasteiger partial charge in [-0.25, -0.2) is 8.42 Å². The lowest BCUT2D eigenvalue weighted by Gasteiger charge is -2.11. The van der Waals surface area contributed by atoms with Crippen LogP contribution in [0.4, 0.5) is 5.69 Å². The molecule has 170 valence electrons. The monoisotopic (exact) mass is 484 g/mol. The second-order valence-corrected chi connectivity index (χ2v) is 9.57. The summed E-state index contributed by atoms with van der Waals surface area (Å²) in [6.07, 6.45) is 1.49. The Morgan fingerprint density at radius 2 is 1.67 bits per heavy atom. The largest absolute Gasteiger partial charge is 0.493 e. The molecule has 1 amide bonds. The highest BCUT2D eigenvalue weighted by Gasteiger charge is 2.24. The molecule has 0 fully saturated rings. The highest BCUT2D eigenvalue weighted by molar-refractivity contribution is 7.91. The van der Waals surface area contributed by atoms with Crippen LogP contribution in [0.15, 0.2) is 82.7 Å². The molecule has 4 rings (SSSR count). The zero-order chi connectivity index (χ0) is 23.6. The normalized spacial score (nSPS) is 11.4. The summed E-state index contributed by atoms with van der Waals surface area (Å²) in [6.45, 7) is -0.0784. The van der Waals surface area contributed by atoms with Gasteiger partial charge in [-0.15, -0.1) is 0 Å². The summed E-state index contributed by atoms with van der Waals surface area (Å²) in [5.41, 5.74) is 1.16. The molecule has 0 unspecified atom stereocenters. The number of methoxy groups -OCH3 is 2. The molecule has 0 atom stereocenters. The van der Waals surface area contributed by atoms with E-state index in [9.17, 15) is 13.2 Å². The predicted octanol–water partition coefficient (Wildman–Crippen LogP) is 4.78. The number of carbonyl (C=O) groups excluding carboxylic acids is 1. The first kappa shape index (κ1) is 22.7. The third-order valence-electron chi connectivity index (χ3n) is 5.15. The standard InChI is InChI=1S/C24H21ClN2O5S/c1-31-21-12-9-17(13-22(21)32-2)26-24(28)15-27-14-23(19-5-3-4-6-20(19)27)33(29,30)18-10-7-16(25)8-11-18/h3-14H,15H2,1-2H3,(H,26,28). The number of benzene rings is 3. The maximum Gasteiger partial charge on any atom is 0.244 e. The van der Waals surface area contributed by atoms with Gasteiger partial charge in [0.15, 0.2) is 11.5 Å². The highest BCUT2D eigenvalue weighted by atomic mass is 35.5. The van der Waals surface area contributed by atoms with E-state index in [0.29, 0.717) is 33.1 Å². The topological polar surface area (TPSA) is 86.6 Å². The number of sulfone groups is 1. The van der Waals surface area contributed by atoms with E-state index in [1.807, 2.05) is 0 Å². The van der Waals surface area contributed by atoms with Crippen LogP contribution in [-0.2, 0) is 21.2 Å². The molecule has 0 radical (unpaired) electrons. The Kier molecular flexibility index (Phi) is 6.31. The third-order valence-corrected chi connectivity index (χ3v) is 7.20. The molecule has 0 spiro atoms. The van der Waals surface area contributed by atoms with E-state index in [2.05, 4.69) is 5.32 Å². The van der Waals surface area contributed by atoms with Gasteiger partial charge in [0.2, 0.25) is 15.7 Å². The van der Waals surface area contributed by atoms with Gasteiger partial charge >= 0.3 is 0 Å². The summed E-state index contributed by atoms with van der Waals surface area (Å²) >= 11 is 5.91. The summed E-state index contributed by atoms with van der Waals surface area (Å²) in [4.78, 5) is 13.0. The molecular formula is C24H21ClN2O5S. The Morgan fingerprint density at radius 3 is 2.36 bits per heavy atom. The number of rotatable bonds is 7. The van der Waals surface area contributed by atoms with Crippen LogP contribution in [0.25, 0.3) is 10.9 Å². The summed E-state index contributed by atoms with van der Waals surface area (Å²) in [6, 6.07) is 18.1. The molecule has 33 heavy (non-hydrogen) atoms. The summed E-state index contributed by atoms with van der Waals surface area (Å²) in [5.74, 6) is 0.709. The lowest BCUT2D eigenvalue weighted by Crippen LogP contribution is -2.18. The van der Waals surface area contributed by atoms with Crippen molar-refractivity contribution < 1.29 is 22.7 Å². The van der Waals surface area contributed by atoms with Crippen LogP contribution in [0.3, 0.4) is 0 Å². The number of ether oxygens (including phenoxy) is 2. The highest BCUT2D eigenvalue weighted by Crippen LogP contribution is 2.32. The number of hydrogen-bond donors (Lipinski definition) is 1. The van der Waals surface area contributed by atoms with Crippen molar-refractivity contribution in [3.8, 4) is 11.5 Å². The van der Waals surface area contributed by atoms with Crippen molar-refractivity contribution in [2.24, 2.45) is 0 Å². The zero-order valence-electron chi connectivity index (χ0n) is 17.9. The number of aromatic nitrogens is 1. The first-order chi connectivity index (χ1) is 15.8. The second kappa shape index (κ2) is 9.17. The number of para-hydroxylation sites is 1. The molecule has 9 heteroatoms. The van der Waals surface area contributed by atoms with Crippen molar-refractivity contribution in [2.75, 3.05) is 19.5 Å². The van der Waals surface area contributed by atoms with Crippen LogP contribution in [0.2, 0.25) is 5.02 Å². The van der Waals surface area contributed by atoms with Crippen molar-refractivity contribution in [1.29, 1.82) is 0 Å². The minimum absolute atomic E-state index is 0.0784. The second-order valence-electron chi connectivity index (χ2n) is 7.21. The number of hydrogen-bond acceptors (Lipinski definition) is 5. The van der Waals surface area contributed by atoms with Crippen LogP contribution in [0.1, 0.15) is 0 Å². The Labute approximate surface area is 196 Å². The van der Waals surface area contributed by atoms with E-state index in [1.165, 1.54) is 44.7 Å². The molecule has 0 bridgehead atoms. The molecule has 0 saturated carbocycles. The van der Waals surface area contributed by atoms with Gasteiger partial charge in [-0.3, -0.25) is 4.79 Å². The van der Waals surface area contributed by atoms with Crippen LogP contribution in [0, 0.1) is 0 Å². The molecule has 7 nitrogen and oxygen atoms in total. The van der Waals surface area contributed by atoms with Gasteiger partial charge in [0.1, 0.15) is 6.54 Å². The molecule has 1 aromatic heterocycles. The maximum absolute atomic E-state index is 13.3. The fraction of sp³-hybridized carbons (Fsp3) is 0.125. The van der Waals surface area contributed by atoms with E-state index in [-0.39, 0.29) is 22.2 Å². The first-order valence-corrected chi connectivity index (χ1v) is 11.8. The Bertz CT molecular complexity index is 1430. The molecule has 0 aliphatic rings. The quantitative estimate of drug-likeness (QED) is 0.408. The SMILES string of the molecule is COc1ccc(NC(=O)Cn2cc(S(=O)(=O)c3ccc(Cl)cc3)c3ccccc32)cc1OC. The van der Waals surface area contributed by atoms with Crippen molar-refractivity contribution in [2.45, 2.75) is 16.3 Å². The summed E-state index contributed by atoms with van der Waals surface area (Å²) in [5, 5.41) is 3.79. The average Bonchev–Trinajstić information content (AvgIpc) is 3.18. The number of anilines is 1. The molecular weight excluding hydrogens is 464 g/mol. The van der Waals surface area contributed by atoms with Gasteiger partial charge in [0.05, 0.1) is 24.0 Å².